The van der Waals surface area contributed by atoms with Gasteiger partial charge in [0.15, 0.2) is 0 Å². The van der Waals surface area contributed by atoms with Gasteiger partial charge in [-0.25, -0.2) is 0 Å². The lowest BCUT2D eigenvalue weighted by atomic mass is 9.97. The number of nitrogens with zero attached hydrogens (tertiary/aromatic N) is 2. The first kappa shape index (κ1) is 15.3. The van der Waals surface area contributed by atoms with E-state index in [-0.39, 0.29) is 0 Å². The summed E-state index contributed by atoms with van der Waals surface area (Å²) < 4.78 is 5.62. The lowest BCUT2D eigenvalue weighted by molar-refractivity contribution is 0.0124. The third-order valence-corrected chi connectivity index (χ3v) is 4.61. The highest BCUT2D eigenvalue weighted by molar-refractivity contribution is 4.88. The first-order valence-corrected chi connectivity index (χ1v) is 8.26. The minimum atomic E-state index is 0.379. The van der Waals surface area contributed by atoms with Crippen LogP contribution in [0.25, 0.3) is 0 Å². The van der Waals surface area contributed by atoms with Crippen molar-refractivity contribution in [3.05, 3.63) is 0 Å². The van der Waals surface area contributed by atoms with Crippen LogP contribution in [0.4, 0.5) is 0 Å². The normalized spacial score (nSPS) is 29.7. The van der Waals surface area contributed by atoms with Gasteiger partial charge in [-0.2, -0.15) is 0 Å². The number of unbranched alkanes of at least 4 members (excludes halogenated alkanes) is 1. The summed E-state index contributed by atoms with van der Waals surface area (Å²) in [5.41, 5.74) is 0. The van der Waals surface area contributed by atoms with Crippen molar-refractivity contribution < 1.29 is 4.74 Å². The zero-order chi connectivity index (χ0) is 13.7. The Labute approximate surface area is 119 Å². The van der Waals surface area contributed by atoms with Crippen LogP contribution in [0, 0.1) is 0 Å². The Morgan fingerprint density at radius 3 is 2.79 bits per heavy atom. The van der Waals surface area contributed by atoms with Crippen LogP contribution >= 0.6 is 0 Å². The highest BCUT2D eigenvalue weighted by atomic mass is 16.5. The molecule has 2 fully saturated rings. The van der Waals surface area contributed by atoms with Crippen LogP contribution < -0.4 is 0 Å². The van der Waals surface area contributed by atoms with Crippen molar-refractivity contribution in [1.82, 2.24) is 9.80 Å². The van der Waals surface area contributed by atoms with Crippen LogP contribution in [0.15, 0.2) is 0 Å². The van der Waals surface area contributed by atoms with E-state index in [1.807, 2.05) is 0 Å². The molecule has 0 saturated carbocycles. The number of hydrogen-bond donors (Lipinski definition) is 0. The Hall–Kier alpha value is -0.120. The average Bonchev–Trinajstić information content (AvgIpc) is 2.38. The van der Waals surface area contributed by atoms with Gasteiger partial charge in [-0.15, -0.1) is 0 Å². The molecule has 0 spiro atoms. The summed E-state index contributed by atoms with van der Waals surface area (Å²) in [7, 11) is 0. The highest BCUT2D eigenvalue weighted by Gasteiger charge is 2.32. The minimum Gasteiger partial charge on any atom is -0.379 e. The quantitative estimate of drug-likeness (QED) is 0.689. The summed E-state index contributed by atoms with van der Waals surface area (Å²) >= 11 is 0. The van der Waals surface area contributed by atoms with E-state index in [1.165, 1.54) is 58.3 Å². The molecule has 0 aromatic heterocycles. The van der Waals surface area contributed by atoms with Gasteiger partial charge in [-0.1, -0.05) is 6.42 Å². The summed E-state index contributed by atoms with van der Waals surface area (Å²) in [4.78, 5) is 5.44. The van der Waals surface area contributed by atoms with Gasteiger partial charge in [0.1, 0.15) is 0 Å². The predicted molar refractivity (Wildman–Crippen MR) is 80.6 cm³/mol. The lowest BCUT2D eigenvalue weighted by Crippen LogP contribution is -2.58. The van der Waals surface area contributed by atoms with E-state index in [4.69, 9.17) is 4.74 Å². The van der Waals surface area contributed by atoms with Crippen LogP contribution in [0.5, 0.6) is 0 Å². The third-order valence-electron chi connectivity index (χ3n) is 4.61. The van der Waals surface area contributed by atoms with E-state index in [0.717, 1.165) is 18.7 Å². The van der Waals surface area contributed by atoms with Crippen LogP contribution in [-0.2, 0) is 4.74 Å². The topological polar surface area (TPSA) is 15.7 Å². The number of ether oxygens (including phenoxy) is 1. The van der Waals surface area contributed by atoms with Gasteiger partial charge in [-0.3, -0.25) is 9.80 Å². The summed E-state index contributed by atoms with van der Waals surface area (Å²) in [5.74, 6) is 0. The fourth-order valence-corrected chi connectivity index (χ4v) is 3.46. The van der Waals surface area contributed by atoms with E-state index >= 15 is 0 Å². The Kier molecular flexibility index (Phi) is 6.11. The van der Waals surface area contributed by atoms with Crippen molar-refractivity contribution in [2.45, 2.75) is 71.1 Å². The molecule has 0 bridgehead atoms. The standard InChI is InChI=1S/C16H32N2O/c1-14(2)19-11-7-6-9-17-13-16-8-4-5-10-18(16)12-15(17)3/h14-16H,4-13H2,1-3H3. The van der Waals surface area contributed by atoms with Crippen LogP contribution in [-0.4, -0.2) is 60.8 Å². The van der Waals surface area contributed by atoms with Gasteiger partial charge < -0.3 is 4.74 Å². The van der Waals surface area contributed by atoms with Crippen LogP contribution in [0.2, 0.25) is 0 Å². The number of hydrogen-bond acceptors (Lipinski definition) is 3. The molecule has 2 aliphatic heterocycles. The maximum atomic E-state index is 5.62. The molecule has 19 heavy (non-hydrogen) atoms. The Balaban J connectivity index is 1.65. The van der Waals surface area contributed by atoms with E-state index in [2.05, 4.69) is 30.6 Å². The second-order valence-corrected chi connectivity index (χ2v) is 6.62. The SMILES string of the molecule is CC(C)OCCCCN1CC2CCCCN2CC1C. The summed E-state index contributed by atoms with van der Waals surface area (Å²) in [6, 6.07) is 1.58. The van der Waals surface area contributed by atoms with Gasteiger partial charge in [0, 0.05) is 31.8 Å². The Morgan fingerprint density at radius 1 is 1.16 bits per heavy atom. The molecule has 2 heterocycles. The molecule has 0 aromatic carbocycles. The molecule has 2 saturated heterocycles. The van der Waals surface area contributed by atoms with Crippen molar-refractivity contribution in [3.8, 4) is 0 Å². The molecule has 0 amide bonds. The molecule has 112 valence electrons. The van der Waals surface area contributed by atoms with Crippen molar-refractivity contribution >= 4 is 0 Å². The fourth-order valence-electron chi connectivity index (χ4n) is 3.46. The van der Waals surface area contributed by atoms with Crippen molar-refractivity contribution in [1.29, 1.82) is 0 Å². The Bertz CT molecular complexity index is 257. The molecule has 2 rings (SSSR count). The van der Waals surface area contributed by atoms with E-state index in [1.54, 1.807) is 0 Å². The molecule has 2 atom stereocenters. The largest absolute Gasteiger partial charge is 0.379 e. The molecule has 2 aliphatic rings. The smallest absolute Gasteiger partial charge is 0.0518 e. The van der Waals surface area contributed by atoms with Gasteiger partial charge in [0.05, 0.1) is 6.10 Å². The van der Waals surface area contributed by atoms with Crippen molar-refractivity contribution in [3.63, 3.8) is 0 Å². The lowest BCUT2D eigenvalue weighted by Gasteiger charge is -2.47. The molecular weight excluding hydrogens is 236 g/mol. The van der Waals surface area contributed by atoms with E-state index in [0.29, 0.717) is 6.10 Å². The first-order valence-electron chi connectivity index (χ1n) is 8.26. The van der Waals surface area contributed by atoms with E-state index in [9.17, 15) is 0 Å². The zero-order valence-corrected chi connectivity index (χ0v) is 13.1. The molecule has 0 radical (unpaired) electrons. The van der Waals surface area contributed by atoms with Gasteiger partial charge in [0.2, 0.25) is 0 Å². The number of piperazine rings is 1. The summed E-state index contributed by atoms with van der Waals surface area (Å²) in [5, 5.41) is 0. The van der Waals surface area contributed by atoms with Gasteiger partial charge in [0.25, 0.3) is 0 Å². The zero-order valence-electron chi connectivity index (χ0n) is 13.1. The molecule has 2 unspecified atom stereocenters. The maximum absolute atomic E-state index is 5.62. The third kappa shape index (κ3) is 4.73. The predicted octanol–water partition coefficient (Wildman–Crippen LogP) is 2.75. The molecule has 3 heteroatoms. The second kappa shape index (κ2) is 7.61. The molecule has 0 N–H and O–H groups in total. The van der Waals surface area contributed by atoms with Crippen LogP contribution in [0.1, 0.15) is 52.9 Å². The first-order chi connectivity index (χ1) is 9.16. The van der Waals surface area contributed by atoms with E-state index < -0.39 is 0 Å². The molecule has 3 nitrogen and oxygen atoms in total. The van der Waals surface area contributed by atoms with Gasteiger partial charge >= 0.3 is 0 Å². The average molecular weight is 268 g/mol. The summed E-state index contributed by atoms with van der Waals surface area (Å²) in [6.07, 6.45) is 7.13. The highest BCUT2D eigenvalue weighted by Crippen LogP contribution is 2.24. The van der Waals surface area contributed by atoms with Crippen molar-refractivity contribution in [2.24, 2.45) is 0 Å². The minimum absolute atomic E-state index is 0.379. The van der Waals surface area contributed by atoms with Gasteiger partial charge in [-0.05, 0) is 59.5 Å². The number of piperidine rings is 1. The molecule has 0 aromatic rings. The molecule has 0 aliphatic carbocycles. The molecular formula is C16H32N2O. The fraction of sp³-hybridized carbons (Fsp3) is 1.00. The number of rotatable bonds is 6. The monoisotopic (exact) mass is 268 g/mol. The maximum Gasteiger partial charge on any atom is 0.0518 e. The van der Waals surface area contributed by atoms with Crippen molar-refractivity contribution in [2.75, 3.05) is 32.8 Å². The van der Waals surface area contributed by atoms with Crippen LogP contribution in [0.3, 0.4) is 0 Å². The Morgan fingerprint density at radius 2 is 2.00 bits per heavy atom. The second-order valence-electron chi connectivity index (χ2n) is 6.62. The summed E-state index contributed by atoms with van der Waals surface area (Å²) in [6.45, 7) is 12.7. The number of fused-ring (bicyclic) bond motifs is 1.